The van der Waals surface area contributed by atoms with Crippen LogP contribution in [0, 0.1) is 0 Å². The van der Waals surface area contributed by atoms with Crippen LogP contribution in [0.1, 0.15) is 56.9 Å². The molecule has 0 bridgehead atoms. The Morgan fingerprint density at radius 2 is 1.26 bits per heavy atom. The van der Waals surface area contributed by atoms with Gasteiger partial charge >= 0.3 is 5.97 Å². The first-order chi connectivity index (χ1) is 20.0. The number of unbranched alkanes of at least 4 members (excludes halogenated alkanes) is 2. The lowest BCUT2D eigenvalue weighted by Crippen LogP contribution is -2.57. The average molecular weight is 594 g/mol. The van der Waals surface area contributed by atoms with Gasteiger partial charge in [-0.1, -0.05) is 18.6 Å². The third-order valence-electron chi connectivity index (χ3n) is 6.45. The maximum atomic E-state index is 13.4. The van der Waals surface area contributed by atoms with Crippen molar-refractivity contribution in [1.29, 1.82) is 0 Å². The van der Waals surface area contributed by atoms with E-state index in [4.69, 9.17) is 28.7 Å². The second kappa shape index (κ2) is 20.0. The van der Waals surface area contributed by atoms with Gasteiger partial charge in [0.15, 0.2) is 5.96 Å². The number of nitrogens with zero attached hydrogens (tertiary/aromatic N) is 1. The first-order valence-corrected chi connectivity index (χ1v) is 14.1. The highest BCUT2D eigenvalue weighted by molar-refractivity contribution is 5.94. The van der Waals surface area contributed by atoms with Crippen LogP contribution in [0.15, 0.2) is 29.3 Å². The SMILES string of the molecule is NCCCCC(N)C(=O)NC(CCCCN)C(=O)NC(Cc1ccc(O)cc1)C(=O)NC(CCCN=C(N)N)C(=O)O. The molecule has 0 radical (unpaired) electrons. The van der Waals surface area contributed by atoms with Gasteiger partial charge in [-0.05, 0) is 75.7 Å². The molecule has 1 aromatic carbocycles. The number of nitrogens with two attached hydrogens (primary N) is 5. The molecular formula is C27H47N9O6. The molecule has 3 amide bonds. The Hall–Kier alpha value is -3.95. The molecule has 0 saturated carbocycles. The second-order valence-corrected chi connectivity index (χ2v) is 10.0. The van der Waals surface area contributed by atoms with Crippen molar-refractivity contribution in [2.24, 2.45) is 33.7 Å². The second-order valence-electron chi connectivity index (χ2n) is 10.0. The van der Waals surface area contributed by atoms with Crippen molar-refractivity contribution in [3.8, 4) is 5.75 Å². The van der Waals surface area contributed by atoms with Crippen LogP contribution in [0.5, 0.6) is 5.75 Å². The van der Waals surface area contributed by atoms with E-state index in [1.165, 1.54) is 12.1 Å². The summed E-state index contributed by atoms with van der Waals surface area (Å²) >= 11 is 0. The van der Waals surface area contributed by atoms with Crippen LogP contribution in [-0.2, 0) is 25.6 Å². The summed E-state index contributed by atoms with van der Waals surface area (Å²) in [6.45, 7) is 1.04. The molecule has 4 atom stereocenters. The number of aliphatic imine (C=N–C) groups is 1. The van der Waals surface area contributed by atoms with Gasteiger partial charge in [-0.3, -0.25) is 19.4 Å². The largest absolute Gasteiger partial charge is 0.508 e. The fourth-order valence-electron chi connectivity index (χ4n) is 4.06. The van der Waals surface area contributed by atoms with Crippen molar-refractivity contribution >= 4 is 29.7 Å². The summed E-state index contributed by atoms with van der Waals surface area (Å²) in [7, 11) is 0. The summed E-state index contributed by atoms with van der Waals surface area (Å²) in [4.78, 5) is 55.2. The first kappa shape index (κ1) is 36.1. The molecule has 0 aromatic heterocycles. The normalized spacial score (nSPS) is 13.7. The van der Waals surface area contributed by atoms with Crippen LogP contribution in [0.25, 0.3) is 0 Å². The molecule has 0 aliphatic rings. The highest BCUT2D eigenvalue weighted by Crippen LogP contribution is 2.13. The Labute approximate surface area is 246 Å². The van der Waals surface area contributed by atoms with Gasteiger partial charge in [0.2, 0.25) is 17.7 Å². The quantitative estimate of drug-likeness (QED) is 0.0427. The first-order valence-electron chi connectivity index (χ1n) is 14.1. The lowest BCUT2D eigenvalue weighted by molar-refractivity contribution is -0.142. The van der Waals surface area contributed by atoms with Gasteiger partial charge < -0.3 is 54.8 Å². The number of aromatic hydroxyl groups is 1. The highest BCUT2D eigenvalue weighted by atomic mass is 16.4. The molecule has 4 unspecified atom stereocenters. The smallest absolute Gasteiger partial charge is 0.326 e. The Bertz CT molecular complexity index is 1020. The molecule has 0 aliphatic carbocycles. The van der Waals surface area contributed by atoms with E-state index >= 15 is 0 Å². The van der Waals surface area contributed by atoms with Gasteiger partial charge in [0, 0.05) is 13.0 Å². The molecule has 42 heavy (non-hydrogen) atoms. The molecule has 15 heteroatoms. The maximum absolute atomic E-state index is 13.4. The Morgan fingerprint density at radius 3 is 1.83 bits per heavy atom. The standard InChI is InChI=1S/C27H47N9O6/c28-13-3-1-6-19(30)23(38)34-20(7-2-4-14-29)24(39)36-22(16-17-9-11-18(37)12-10-17)25(40)35-21(26(41)42)8-5-15-33-27(31)32/h9-12,19-22,37H,1-8,13-16,28-30H2,(H,34,38)(H,35,40)(H,36,39)(H,41,42)(H4,31,32,33). The number of hydrogen-bond donors (Lipinski definition) is 10. The van der Waals surface area contributed by atoms with Crippen molar-refractivity contribution in [2.75, 3.05) is 19.6 Å². The average Bonchev–Trinajstić information content (AvgIpc) is 2.94. The molecule has 0 heterocycles. The zero-order valence-corrected chi connectivity index (χ0v) is 24.0. The molecule has 15 N–H and O–H groups in total. The maximum Gasteiger partial charge on any atom is 0.326 e. The van der Waals surface area contributed by atoms with Crippen molar-refractivity contribution in [3.05, 3.63) is 29.8 Å². The molecule has 0 saturated heterocycles. The van der Waals surface area contributed by atoms with E-state index in [1.54, 1.807) is 12.1 Å². The van der Waals surface area contributed by atoms with Gasteiger partial charge in [0.05, 0.1) is 6.04 Å². The van der Waals surface area contributed by atoms with E-state index in [2.05, 4.69) is 20.9 Å². The van der Waals surface area contributed by atoms with Gasteiger partial charge in [-0.15, -0.1) is 0 Å². The number of rotatable bonds is 21. The lowest BCUT2D eigenvalue weighted by Gasteiger charge is -2.25. The van der Waals surface area contributed by atoms with E-state index in [0.717, 1.165) is 0 Å². The molecule has 1 rings (SSSR count). The monoisotopic (exact) mass is 593 g/mol. The predicted molar refractivity (Wildman–Crippen MR) is 159 cm³/mol. The van der Waals surface area contributed by atoms with Crippen LogP contribution < -0.4 is 44.6 Å². The highest BCUT2D eigenvalue weighted by Gasteiger charge is 2.30. The summed E-state index contributed by atoms with van der Waals surface area (Å²) < 4.78 is 0. The van der Waals surface area contributed by atoms with E-state index in [1.807, 2.05) is 0 Å². The van der Waals surface area contributed by atoms with E-state index in [-0.39, 0.29) is 43.9 Å². The Kier molecular flexibility index (Phi) is 17.2. The number of amides is 3. The number of carboxylic acids is 1. The van der Waals surface area contributed by atoms with E-state index in [0.29, 0.717) is 50.8 Å². The minimum absolute atomic E-state index is 0.0136. The fraction of sp³-hybridized carbons (Fsp3) is 0.593. The summed E-state index contributed by atoms with van der Waals surface area (Å²) in [5.74, 6) is -3.26. The number of phenolic OH excluding ortho intramolecular Hbond substituents is 1. The van der Waals surface area contributed by atoms with Gasteiger partial charge in [0.25, 0.3) is 0 Å². The van der Waals surface area contributed by atoms with Crippen molar-refractivity contribution in [1.82, 2.24) is 16.0 Å². The van der Waals surface area contributed by atoms with Crippen molar-refractivity contribution in [2.45, 2.75) is 82.0 Å². The number of phenols is 1. The van der Waals surface area contributed by atoms with Crippen LogP contribution in [-0.4, -0.2) is 83.7 Å². The number of nitrogens with one attached hydrogen (secondary N) is 3. The third kappa shape index (κ3) is 14.6. The van der Waals surface area contributed by atoms with Crippen molar-refractivity contribution < 1.29 is 29.4 Å². The minimum Gasteiger partial charge on any atom is -0.508 e. The van der Waals surface area contributed by atoms with Crippen LogP contribution in [0.4, 0.5) is 0 Å². The van der Waals surface area contributed by atoms with Gasteiger partial charge in [-0.2, -0.15) is 0 Å². The summed E-state index contributed by atoms with van der Waals surface area (Å²) in [6, 6.07) is 1.70. The number of carboxylic acid groups (broad SMARTS) is 1. The van der Waals surface area contributed by atoms with E-state index in [9.17, 15) is 29.4 Å². The van der Waals surface area contributed by atoms with E-state index < -0.39 is 47.9 Å². The predicted octanol–water partition coefficient (Wildman–Crippen LogP) is -1.89. The molecule has 1 aromatic rings. The molecule has 0 aliphatic heterocycles. The third-order valence-corrected chi connectivity index (χ3v) is 6.45. The molecule has 0 fully saturated rings. The number of carbonyl (C=O) groups excluding carboxylic acids is 3. The van der Waals surface area contributed by atoms with Crippen molar-refractivity contribution in [3.63, 3.8) is 0 Å². The van der Waals surface area contributed by atoms with Gasteiger partial charge in [0.1, 0.15) is 23.9 Å². The fourth-order valence-corrected chi connectivity index (χ4v) is 4.06. The summed E-state index contributed by atoms with van der Waals surface area (Å²) in [5, 5.41) is 27.1. The topological polar surface area (TPSA) is 287 Å². The Morgan fingerprint density at radius 1 is 0.738 bits per heavy atom. The number of benzene rings is 1. The number of guanidine groups is 1. The van der Waals surface area contributed by atoms with Crippen LogP contribution in [0.2, 0.25) is 0 Å². The lowest BCUT2D eigenvalue weighted by atomic mass is 10.0. The van der Waals surface area contributed by atoms with Crippen LogP contribution >= 0.6 is 0 Å². The summed E-state index contributed by atoms with van der Waals surface area (Å²) in [6.07, 6.45) is 3.46. The summed E-state index contributed by atoms with van der Waals surface area (Å²) in [5.41, 5.74) is 28.3. The molecular weight excluding hydrogens is 546 g/mol. The number of aliphatic carboxylic acids is 1. The molecule has 236 valence electrons. The minimum atomic E-state index is -1.27. The zero-order valence-electron chi connectivity index (χ0n) is 24.0. The molecule has 0 spiro atoms. The Balaban J connectivity index is 3.11. The molecule has 15 nitrogen and oxygen atoms in total. The van der Waals surface area contributed by atoms with Crippen LogP contribution in [0.3, 0.4) is 0 Å². The number of carbonyl (C=O) groups is 4. The zero-order chi connectivity index (χ0) is 31.5. The number of hydrogen-bond acceptors (Lipinski definition) is 9. The van der Waals surface area contributed by atoms with Gasteiger partial charge in [-0.25, -0.2) is 4.79 Å².